The molecular weight excluding hydrogens is 150 g/mol. The van der Waals surface area contributed by atoms with E-state index in [1.807, 2.05) is 0 Å². The molecule has 1 aliphatic rings. The Hall–Kier alpha value is -0.810. The summed E-state index contributed by atoms with van der Waals surface area (Å²) in [5.41, 5.74) is 8.01. The van der Waals surface area contributed by atoms with Crippen molar-refractivity contribution in [1.29, 1.82) is 0 Å². The number of hydrogen-bond acceptors (Lipinski definition) is 4. The molecular formula is C5H9N3O3. The summed E-state index contributed by atoms with van der Waals surface area (Å²) < 4.78 is 4.94. The molecule has 1 rings (SSSR count). The minimum absolute atomic E-state index is 0.158. The van der Waals surface area contributed by atoms with Gasteiger partial charge in [0.15, 0.2) is 6.23 Å². The summed E-state index contributed by atoms with van der Waals surface area (Å²) >= 11 is 0. The van der Waals surface area contributed by atoms with E-state index < -0.39 is 18.4 Å². The van der Waals surface area contributed by atoms with Gasteiger partial charge in [-0.25, -0.2) is 0 Å². The van der Waals surface area contributed by atoms with Gasteiger partial charge in [-0.15, -0.1) is 0 Å². The molecule has 0 radical (unpaired) electrons. The highest BCUT2D eigenvalue weighted by Crippen LogP contribution is 2.20. The maximum absolute atomic E-state index is 9.12. The third-order valence-corrected chi connectivity index (χ3v) is 1.53. The van der Waals surface area contributed by atoms with Crippen LogP contribution in [0.15, 0.2) is 5.11 Å². The molecule has 1 heterocycles. The zero-order chi connectivity index (χ0) is 8.27. The molecule has 6 nitrogen and oxygen atoms in total. The first-order valence-corrected chi connectivity index (χ1v) is 3.26. The van der Waals surface area contributed by atoms with Gasteiger partial charge < -0.3 is 14.9 Å². The standard InChI is InChI=1S/C5H9N3O3/c6-8-7-5-4(10)1-3(2-9)11-5/h3-5,9-10H,1-2H2/t3-,4+,5+/m0/s1. The van der Waals surface area contributed by atoms with Crippen LogP contribution in [0.3, 0.4) is 0 Å². The second kappa shape index (κ2) is 3.54. The molecule has 0 bridgehead atoms. The van der Waals surface area contributed by atoms with E-state index >= 15 is 0 Å². The number of nitrogens with zero attached hydrogens (tertiary/aromatic N) is 3. The van der Waals surface area contributed by atoms with E-state index in [1.165, 1.54) is 0 Å². The van der Waals surface area contributed by atoms with Gasteiger partial charge in [-0.2, -0.15) is 0 Å². The molecule has 6 heteroatoms. The molecule has 0 saturated carbocycles. The quantitative estimate of drug-likeness (QED) is 0.330. The fraction of sp³-hybridized carbons (Fsp3) is 1.00. The molecule has 3 atom stereocenters. The van der Waals surface area contributed by atoms with Crippen molar-refractivity contribution in [1.82, 2.24) is 0 Å². The van der Waals surface area contributed by atoms with E-state index in [4.69, 9.17) is 20.5 Å². The molecule has 1 fully saturated rings. The molecule has 0 aliphatic carbocycles. The molecule has 0 unspecified atom stereocenters. The lowest BCUT2D eigenvalue weighted by Crippen LogP contribution is -2.17. The lowest BCUT2D eigenvalue weighted by Gasteiger charge is -2.05. The highest BCUT2D eigenvalue weighted by Gasteiger charge is 2.32. The second-order valence-electron chi connectivity index (χ2n) is 2.34. The van der Waals surface area contributed by atoms with Gasteiger partial charge in [-0.1, -0.05) is 5.11 Å². The van der Waals surface area contributed by atoms with Gasteiger partial charge in [0.1, 0.15) is 0 Å². The van der Waals surface area contributed by atoms with Crippen LogP contribution in [0.1, 0.15) is 6.42 Å². The van der Waals surface area contributed by atoms with Crippen molar-refractivity contribution in [3.05, 3.63) is 10.4 Å². The van der Waals surface area contributed by atoms with Crippen LogP contribution in [0.5, 0.6) is 0 Å². The van der Waals surface area contributed by atoms with E-state index in [0.717, 1.165) is 0 Å². The first-order chi connectivity index (χ1) is 5.27. The SMILES string of the molecule is [N-]=[N+]=N[C@@H]1O[C@H](CO)C[C@H]1O. The van der Waals surface area contributed by atoms with Crippen LogP contribution < -0.4 is 0 Å². The molecule has 2 N–H and O–H groups in total. The summed E-state index contributed by atoms with van der Waals surface area (Å²) in [6.07, 6.45) is -1.71. The van der Waals surface area contributed by atoms with Crippen molar-refractivity contribution in [3.8, 4) is 0 Å². The number of aliphatic hydroxyl groups excluding tert-OH is 2. The van der Waals surface area contributed by atoms with Crippen LogP contribution in [0.2, 0.25) is 0 Å². The van der Waals surface area contributed by atoms with E-state index in [1.54, 1.807) is 0 Å². The minimum Gasteiger partial charge on any atom is -0.394 e. The van der Waals surface area contributed by atoms with Gasteiger partial charge >= 0.3 is 0 Å². The van der Waals surface area contributed by atoms with Gasteiger partial charge in [-0.05, 0) is 5.53 Å². The monoisotopic (exact) mass is 159 g/mol. The highest BCUT2D eigenvalue weighted by molar-refractivity contribution is 4.80. The molecule has 1 saturated heterocycles. The number of ether oxygens (including phenoxy) is 1. The Kier molecular flexibility index (Phi) is 2.67. The van der Waals surface area contributed by atoms with Gasteiger partial charge in [-0.3, -0.25) is 0 Å². The Balaban J connectivity index is 2.51. The fourth-order valence-electron chi connectivity index (χ4n) is 1.00. The van der Waals surface area contributed by atoms with Crippen molar-refractivity contribution in [2.24, 2.45) is 5.11 Å². The topological polar surface area (TPSA) is 98.5 Å². The van der Waals surface area contributed by atoms with Crippen molar-refractivity contribution < 1.29 is 14.9 Å². The molecule has 1 aliphatic heterocycles. The number of rotatable bonds is 2. The predicted molar refractivity (Wildman–Crippen MR) is 35.5 cm³/mol. The minimum atomic E-state index is -0.836. The molecule has 62 valence electrons. The highest BCUT2D eigenvalue weighted by atomic mass is 16.5. The lowest BCUT2D eigenvalue weighted by atomic mass is 10.2. The average Bonchev–Trinajstić information content (AvgIpc) is 2.33. The molecule has 0 spiro atoms. The Morgan fingerprint density at radius 3 is 2.91 bits per heavy atom. The summed E-state index contributed by atoms with van der Waals surface area (Å²) in [5.74, 6) is 0. The molecule has 0 aromatic carbocycles. The Morgan fingerprint density at radius 2 is 2.45 bits per heavy atom. The van der Waals surface area contributed by atoms with E-state index in [2.05, 4.69) is 10.0 Å². The van der Waals surface area contributed by atoms with Crippen molar-refractivity contribution in [2.75, 3.05) is 6.61 Å². The molecule has 0 aromatic rings. The number of azide groups is 1. The van der Waals surface area contributed by atoms with E-state index in [-0.39, 0.29) is 6.61 Å². The van der Waals surface area contributed by atoms with Crippen LogP contribution in [0.25, 0.3) is 10.4 Å². The van der Waals surface area contributed by atoms with Crippen molar-refractivity contribution >= 4 is 0 Å². The van der Waals surface area contributed by atoms with Crippen LogP contribution in [0.4, 0.5) is 0 Å². The van der Waals surface area contributed by atoms with Crippen LogP contribution in [-0.2, 0) is 4.74 Å². The molecule has 11 heavy (non-hydrogen) atoms. The van der Waals surface area contributed by atoms with E-state index in [0.29, 0.717) is 6.42 Å². The van der Waals surface area contributed by atoms with E-state index in [9.17, 15) is 0 Å². The summed E-state index contributed by atoms with van der Waals surface area (Å²) in [5, 5.41) is 20.9. The normalized spacial score (nSPS) is 36.7. The lowest BCUT2D eigenvalue weighted by molar-refractivity contribution is -0.00543. The maximum Gasteiger partial charge on any atom is 0.162 e. The summed E-state index contributed by atoms with van der Waals surface area (Å²) in [4.78, 5) is 2.50. The fourth-order valence-corrected chi connectivity index (χ4v) is 1.00. The van der Waals surface area contributed by atoms with Gasteiger partial charge in [0, 0.05) is 11.3 Å². The second-order valence-corrected chi connectivity index (χ2v) is 2.34. The first-order valence-electron chi connectivity index (χ1n) is 3.26. The smallest absolute Gasteiger partial charge is 0.162 e. The Labute approximate surface area is 63.0 Å². The van der Waals surface area contributed by atoms with Gasteiger partial charge in [0.05, 0.1) is 18.8 Å². The average molecular weight is 159 g/mol. The zero-order valence-corrected chi connectivity index (χ0v) is 5.79. The number of aliphatic hydroxyl groups is 2. The van der Waals surface area contributed by atoms with Crippen molar-refractivity contribution in [2.45, 2.75) is 24.9 Å². The first kappa shape index (κ1) is 8.29. The number of hydrogen-bond donors (Lipinski definition) is 2. The predicted octanol–water partition coefficient (Wildman–Crippen LogP) is -0.235. The Morgan fingerprint density at radius 1 is 1.73 bits per heavy atom. The largest absolute Gasteiger partial charge is 0.394 e. The third-order valence-electron chi connectivity index (χ3n) is 1.53. The third kappa shape index (κ3) is 1.81. The van der Waals surface area contributed by atoms with Gasteiger partial charge in [0.2, 0.25) is 0 Å². The molecule has 0 amide bonds. The van der Waals surface area contributed by atoms with Crippen LogP contribution >= 0.6 is 0 Å². The van der Waals surface area contributed by atoms with Crippen molar-refractivity contribution in [3.63, 3.8) is 0 Å². The molecule has 0 aromatic heterocycles. The van der Waals surface area contributed by atoms with Gasteiger partial charge in [0.25, 0.3) is 0 Å². The van der Waals surface area contributed by atoms with Crippen LogP contribution in [0, 0.1) is 0 Å². The maximum atomic E-state index is 9.12. The van der Waals surface area contributed by atoms with Crippen LogP contribution in [-0.4, -0.2) is 35.3 Å². The zero-order valence-electron chi connectivity index (χ0n) is 5.79. The summed E-state index contributed by atoms with van der Waals surface area (Å²) in [6, 6.07) is 0. The summed E-state index contributed by atoms with van der Waals surface area (Å²) in [6.45, 7) is -0.158. The Bertz CT molecular complexity index is 180. The summed E-state index contributed by atoms with van der Waals surface area (Å²) in [7, 11) is 0.